The van der Waals surface area contributed by atoms with Crippen LogP contribution >= 0.6 is 23.5 Å². The first-order valence-electron chi connectivity index (χ1n) is 9.54. The van der Waals surface area contributed by atoms with Crippen molar-refractivity contribution in [1.82, 2.24) is 0 Å². The van der Waals surface area contributed by atoms with Crippen molar-refractivity contribution in [3.8, 4) is 0 Å². The molecule has 0 radical (unpaired) electrons. The molecule has 1 aliphatic carbocycles. The Balaban J connectivity index is 2.33. The fourth-order valence-corrected chi connectivity index (χ4v) is 6.45. The topological polar surface area (TPSA) is 0 Å². The number of rotatable bonds is 10. The monoisotopic (exact) mass is 330 g/mol. The number of hydrogen-bond acceptors (Lipinski definition) is 2. The summed E-state index contributed by atoms with van der Waals surface area (Å²) < 4.78 is 0. The van der Waals surface area contributed by atoms with Gasteiger partial charge in [-0.1, -0.05) is 47.0 Å². The molecule has 1 aliphatic rings. The first kappa shape index (κ1) is 19.7. The Kier molecular flexibility index (Phi) is 11.4. The minimum atomic E-state index is 0.909. The summed E-state index contributed by atoms with van der Waals surface area (Å²) in [6.45, 7) is 9.42. The van der Waals surface area contributed by atoms with E-state index in [9.17, 15) is 0 Å². The van der Waals surface area contributed by atoms with Crippen molar-refractivity contribution in [3.05, 3.63) is 0 Å². The third kappa shape index (κ3) is 8.21. The lowest BCUT2D eigenvalue weighted by atomic mass is 10.2. The molecule has 2 heteroatoms. The van der Waals surface area contributed by atoms with E-state index in [4.69, 9.17) is 0 Å². The van der Waals surface area contributed by atoms with E-state index in [1.165, 1.54) is 70.6 Å². The predicted molar refractivity (Wildman–Crippen MR) is 104 cm³/mol. The van der Waals surface area contributed by atoms with Crippen LogP contribution in [0.25, 0.3) is 0 Å². The van der Waals surface area contributed by atoms with Crippen LogP contribution in [-0.2, 0) is 0 Å². The molecule has 0 amide bonds. The van der Waals surface area contributed by atoms with E-state index in [-0.39, 0.29) is 0 Å². The molecule has 0 aromatic carbocycles. The van der Waals surface area contributed by atoms with Gasteiger partial charge in [-0.05, 0) is 51.4 Å². The number of unbranched alkanes of at least 4 members (excludes halogenated alkanes) is 1. The summed E-state index contributed by atoms with van der Waals surface area (Å²) in [7, 11) is 0. The van der Waals surface area contributed by atoms with Gasteiger partial charge < -0.3 is 0 Å². The Hall–Kier alpha value is 0.700. The van der Waals surface area contributed by atoms with Crippen LogP contribution in [0.1, 0.15) is 98.3 Å². The molecule has 0 N–H and O–H groups in total. The molecule has 3 atom stereocenters. The molecule has 0 bridgehead atoms. The van der Waals surface area contributed by atoms with E-state index in [2.05, 4.69) is 51.2 Å². The molecule has 126 valence electrons. The van der Waals surface area contributed by atoms with Crippen molar-refractivity contribution in [2.24, 2.45) is 0 Å². The maximum atomic E-state index is 2.38. The Labute approximate surface area is 143 Å². The lowest BCUT2D eigenvalue weighted by Gasteiger charge is -2.22. The highest BCUT2D eigenvalue weighted by Crippen LogP contribution is 2.38. The van der Waals surface area contributed by atoms with Gasteiger partial charge in [0.2, 0.25) is 0 Å². The Morgan fingerprint density at radius 1 is 0.762 bits per heavy atom. The van der Waals surface area contributed by atoms with E-state index in [1.807, 2.05) is 0 Å². The lowest BCUT2D eigenvalue weighted by Crippen LogP contribution is -2.11. The fourth-order valence-electron chi connectivity index (χ4n) is 3.33. The zero-order valence-corrected chi connectivity index (χ0v) is 16.5. The van der Waals surface area contributed by atoms with E-state index in [0.29, 0.717) is 0 Å². The van der Waals surface area contributed by atoms with Crippen molar-refractivity contribution in [2.45, 2.75) is 119 Å². The smallest absolute Gasteiger partial charge is 0.00502 e. The summed E-state index contributed by atoms with van der Waals surface area (Å²) in [6, 6.07) is 0. The first-order chi connectivity index (χ1) is 10.2. The minimum Gasteiger partial charge on any atom is -0.155 e. The number of thioether (sulfide) groups is 2. The van der Waals surface area contributed by atoms with Crippen LogP contribution in [0.15, 0.2) is 0 Å². The molecular weight excluding hydrogens is 292 g/mol. The van der Waals surface area contributed by atoms with Gasteiger partial charge >= 0.3 is 0 Å². The van der Waals surface area contributed by atoms with Crippen LogP contribution in [0.4, 0.5) is 0 Å². The second-order valence-corrected chi connectivity index (χ2v) is 9.85. The van der Waals surface area contributed by atoms with Gasteiger partial charge in [0.05, 0.1) is 0 Å². The van der Waals surface area contributed by atoms with E-state index >= 15 is 0 Å². The standard InChI is InChI=1S/C19H38S2/c1-5-9-11-17(8-4)21-19-13-10-12-18(14-15-19)20-16(6-2)7-3/h16-19H,5-15H2,1-4H3. The Morgan fingerprint density at radius 3 is 1.76 bits per heavy atom. The van der Waals surface area contributed by atoms with Gasteiger partial charge in [0.1, 0.15) is 0 Å². The van der Waals surface area contributed by atoms with Gasteiger partial charge in [0, 0.05) is 21.0 Å². The second-order valence-electron chi connectivity index (χ2n) is 6.64. The van der Waals surface area contributed by atoms with E-state index in [1.54, 1.807) is 0 Å². The van der Waals surface area contributed by atoms with Crippen LogP contribution in [-0.4, -0.2) is 21.0 Å². The third-order valence-corrected chi connectivity index (χ3v) is 8.60. The van der Waals surface area contributed by atoms with Gasteiger partial charge in [-0.25, -0.2) is 0 Å². The lowest BCUT2D eigenvalue weighted by molar-refractivity contribution is 0.656. The summed E-state index contributed by atoms with van der Waals surface area (Å²) >= 11 is 4.65. The second kappa shape index (κ2) is 12.2. The third-order valence-electron chi connectivity index (χ3n) is 4.88. The molecule has 0 nitrogen and oxygen atoms in total. The van der Waals surface area contributed by atoms with Crippen molar-refractivity contribution >= 4 is 23.5 Å². The quantitative estimate of drug-likeness (QED) is 0.385. The van der Waals surface area contributed by atoms with Crippen LogP contribution in [0.3, 0.4) is 0 Å². The van der Waals surface area contributed by atoms with Gasteiger partial charge in [-0.3, -0.25) is 0 Å². The van der Waals surface area contributed by atoms with Gasteiger partial charge in [0.15, 0.2) is 0 Å². The molecular formula is C19H38S2. The van der Waals surface area contributed by atoms with E-state index < -0.39 is 0 Å². The predicted octanol–water partition coefficient (Wildman–Crippen LogP) is 7.31. The van der Waals surface area contributed by atoms with Gasteiger partial charge in [-0.15, -0.1) is 0 Å². The molecule has 1 saturated carbocycles. The van der Waals surface area contributed by atoms with Gasteiger partial charge in [0.25, 0.3) is 0 Å². The van der Waals surface area contributed by atoms with Crippen LogP contribution in [0.2, 0.25) is 0 Å². The van der Waals surface area contributed by atoms with Crippen molar-refractivity contribution in [1.29, 1.82) is 0 Å². The Bertz CT molecular complexity index is 238. The summed E-state index contributed by atoms with van der Waals surface area (Å²) in [5.41, 5.74) is 0. The van der Waals surface area contributed by atoms with Crippen LogP contribution in [0.5, 0.6) is 0 Å². The zero-order chi connectivity index (χ0) is 15.5. The summed E-state index contributed by atoms with van der Waals surface area (Å²) in [5, 5.41) is 3.75. The maximum absolute atomic E-state index is 2.38. The number of hydrogen-bond donors (Lipinski definition) is 0. The molecule has 0 aliphatic heterocycles. The summed E-state index contributed by atoms with van der Waals surface area (Å²) in [4.78, 5) is 0. The Morgan fingerprint density at radius 2 is 1.29 bits per heavy atom. The molecule has 0 saturated heterocycles. The van der Waals surface area contributed by atoms with Crippen molar-refractivity contribution < 1.29 is 0 Å². The molecule has 0 aromatic rings. The van der Waals surface area contributed by atoms with Gasteiger partial charge in [-0.2, -0.15) is 23.5 Å². The molecule has 0 heterocycles. The largest absolute Gasteiger partial charge is 0.155 e. The molecule has 1 rings (SSSR count). The summed E-state index contributed by atoms with van der Waals surface area (Å²) in [6.07, 6.45) is 15.7. The highest BCUT2D eigenvalue weighted by atomic mass is 32.2. The molecule has 21 heavy (non-hydrogen) atoms. The maximum Gasteiger partial charge on any atom is 0.00502 e. The average Bonchev–Trinajstić information content (AvgIpc) is 2.74. The minimum absolute atomic E-state index is 0.909. The highest BCUT2D eigenvalue weighted by molar-refractivity contribution is 8.00. The van der Waals surface area contributed by atoms with Crippen LogP contribution < -0.4 is 0 Å². The summed E-state index contributed by atoms with van der Waals surface area (Å²) in [5.74, 6) is 0. The van der Waals surface area contributed by atoms with Crippen molar-refractivity contribution in [3.63, 3.8) is 0 Å². The highest BCUT2D eigenvalue weighted by Gasteiger charge is 2.23. The molecule has 1 fully saturated rings. The van der Waals surface area contributed by atoms with E-state index in [0.717, 1.165) is 21.0 Å². The molecule has 0 aromatic heterocycles. The average molecular weight is 331 g/mol. The zero-order valence-electron chi connectivity index (χ0n) is 14.9. The molecule has 0 spiro atoms. The first-order valence-corrected chi connectivity index (χ1v) is 11.4. The fraction of sp³-hybridized carbons (Fsp3) is 1.00. The SMILES string of the molecule is CCCCC(CC)SC1CCCC(SC(CC)CC)CC1. The molecule has 3 unspecified atom stereocenters. The van der Waals surface area contributed by atoms with Crippen molar-refractivity contribution in [2.75, 3.05) is 0 Å². The van der Waals surface area contributed by atoms with Crippen LogP contribution in [0, 0.1) is 0 Å². The normalized spacial score (nSPS) is 25.0.